The Morgan fingerprint density at radius 3 is 2.00 bits per heavy atom. The van der Waals surface area contributed by atoms with Gasteiger partial charge in [-0.15, -0.1) is 6.89 Å². The Hall–Kier alpha value is 0.300. The van der Waals surface area contributed by atoms with Gasteiger partial charge in [-0.2, -0.15) is 0 Å². The van der Waals surface area contributed by atoms with Gasteiger partial charge in [0.15, 0.2) is 0 Å². The quantitative estimate of drug-likeness (QED) is 0.473. The second kappa shape index (κ2) is 2.14. The Morgan fingerprint density at radius 1 is 1.20 bits per heavy atom. The summed E-state index contributed by atoms with van der Waals surface area (Å²) in [6.07, 6.45) is 7.99. The van der Waals surface area contributed by atoms with E-state index in [9.17, 15) is 0 Å². The Balaban J connectivity index is 2.40. The van der Waals surface area contributed by atoms with Crippen molar-refractivity contribution in [1.29, 1.82) is 0 Å². The van der Waals surface area contributed by atoms with Gasteiger partial charge in [0.25, 0.3) is 0 Å². The van der Waals surface area contributed by atoms with Gasteiger partial charge in [0.1, 0.15) is 0 Å². The molecule has 0 radical (unpaired) electrons. The lowest BCUT2D eigenvalue weighted by Crippen LogP contribution is -1.99. The third-order valence-electron chi connectivity index (χ3n) is 3.49. The summed E-state index contributed by atoms with van der Waals surface area (Å²) in [5.41, 5.74) is 0. The summed E-state index contributed by atoms with van der Waals surface area (Å²) in [6.45, 7) is 4.34. The minimum absolute atomic E-state index is 0.409. The van der Waals surface area contributed by atoms with E-state index in [1.54, 1.807) is 31.3 Å². The number of hydrogen-bond donors (Lipinski definition) is 0. The molecule has 0 unspecified atom stereocenters. The summed E-state index contributed by atoms with van der Waals surface area (Å²) in [7, 11) is 0. The standard InChI is InChI=1S/C9H17P/c1-8(2)10-5-3-9(7-10)4-6-10/h9H,3-7H2,1-2H3. The first-order chi connectivity index (χ1) is 4.73. The first-order valence-corrected chi connectivity index (χ1v) is 6.74. The van der Waals surface area contributed by atoms with Crippen molar-refractivity contribution in [2.24, 2.45) is 5.92 Å². The highest BCUT2D eigenvalue weighted by Crippen LogP contribution is 2.63. The van der Waals surface area contributed by atoms with E-state index in [-0.39, 0.29) is 0 Å². The molecule has 2 fully saturated rings. The molecule has 0 spiro atoms. The Labute approximate surface area is 64.0 Å². The first kappa shape index (κ1) is 6.98. The van der Waals surface area contributed by atoms with Gasteiger partial charge >= 0.3 is 0 Å². The number of fused-ring (bicyclic) bond motifs is 2. The highest BCUT2D eigenvalue weighted by molar-refractivity contribution is 7.76. The Kier molecular flexibility index (Phi) is 1.49. The van der Waals surface area contributed by atoms with Crippen LogP contribution >= 0.6 is 6.89 Å². The molecule has 2 aliphatic heterocycles. The van der Waals surface area contributed by atoms with E-state index in [2.05, 4.69) is 13.8 Å². The molecule has 1 heteroatoms. The molecule has 2 bridgehead atoms. The third-order valence-corrected chi connectivity index (χ3v) is 8.83. The van der Waals surface area contributed by atoms with Crippen molar-refractivity contribution in [1.82, 2.24) is 0 Å². The topological polar surface area (TPSA) is 0 Å². The van der Waals surface area contributed by atoms with Crippen LogP contribution in [0.4, 0.5) is 0 Å². The molecule has 0 atom stereocenters. The molecule has 0 aliphatic carbocycles. The average Bonchev–Trinajstić information content (AvgIpc) is 2.45. The van der Waals surface area contributed by atoms with Gasteiger partial charge in [0.2, 0.25) is 0 Å². The maximum atomic E-state index is 2.38. The highest BCUT2D eigenvalue weighted by atomic mass is 31.2. The first-order valence-electron chi connectivity index (χ1n) is 4.40. The van der Waals surface area contributed by atoms with E-state index in [0.717, 1.165) is 5.92 Å². The normalized spacial score (nSPS) is 44.4. The van der Waals surface area contributed by atoms with Crippen molar-refractivity contribution in [3.63, 3.8) is 0 Å². The van der Waals surface area contributed by atoms with E-state index < -0.39 is 6.89 Å². The molecule has 0 saturated carbocycles. The van der Waals surface area contributed by atoms with Crippen LogP contribution in [0.1, 0.15) is 26.7 Å². The van der Waals surface area contributed by atoms with E-state index >= 15 is 0 Å². The molecular formula is C9H17P. The zero-order chi connectivity index (χ0) is 7.19. The number of hydrogen-bond acceptors (Lipinski definition) is 0. The molecule has 0 N–H and O–H groups in total. The van der Waals surface area contributed by atoms with Crippen LogP contribution in [0.15, 0.2) is 0 Å². The van der Waals surface area contributed by atoms with Crippen LogP contribution in [0.3, 0.4) is 0 Å². The monoisotopic (exact) mass is 156 g/mol. The zero-order valence-electron chi connectivity index (χ0n) is 7.06. The van der Waals surface area contributed by atoms with Crippen molar-refractivity contribution in [3.8, 4) is 0 Å². The minimum atomic E-state index is -0.409. The van der Waals surface area contributed by atoms with E-state index in [1.165, 1.54) is 0 Å². The average molecular weight is 156 g/mol. The summed E-state index contributed by atoms with van der Waals surface area (Å²) in [5.74, 6) is 1.16. The van der Waals surface area contributed by atoms with Crippen molar-refractivity contribution in [3.05, 3.63) is 0 Å². The fraction of sp³-hybridized carbons (Fsp3) is 0.889. The van der Waals surface area contributed by atoms with Crippen molar-refractivity contribution in [2.75, 3.05) is 18.5 Å². The molecule has 10 heavy (non-hydrogen) atoms. The van der Waals surface area contributed by atoms with E-state index in [1.807, 2.05) is 5.29 Å². The van der Waals surface area contributed by atoms with Gasteiger partial charge in [-0.05, 0) is 51.1 Å². The van der Waals surface area contributed by atoms with Crippen LogP contribution in [0, 0.1) is 5.92 Å². The van der Waals surface area contributed by atoms with Gasteiger partial charge in [-0.25, -0.2) is 0 Å². The molecule has 0 aromatic rings. The molecule has 2 rings (SSSR count). The van der Waals surface area contributed by atoms with Gasteiger partial charge in [-0.1, -0.05) is 5.29 Å². The Morgan fingerprint density at radius 2 is 1.80 bits per heavy atom. The van der Waals surface area contributed by atoms with Crippen LogP contribution in [0.5, 0.6) is 0 Å². The largest absolute Gasteiger partial charge is 0.106 e. The molecule has 2 saturated heterocycles. The summed E-state index contributed by atoms with van der Waals surface area (Å²) in [6, 6.07) is 0. The van der Waals surface area contributed by atoms with Crippen molar-refractivity contribution >= 4 is 12.2 Å². The second-order valence-corrected chi connectivity index (χ2v) is 8.61. The van der Waals surface area contributed by atoms with Crippen LogP contribution in [-0.2, 0) is 0 Å². The smallest absolute Gasteiger partial charge is 0.0299 e. The van der Waals surface area contributed by atoms with Crippen LogP contribution in [0.25, 0.3) is 0 Å². The molecule has 2 heterocycles. The fourth-order valence-electron chi connectivity index (χ4n) is 2.60. The summed E-state index contributed by atoms with van der Waals surface area (Å²) >= 11 is 0. The highest BCUT2D eigenvalue weighted by Gasteiger charge is 2.36. The van der Waals surface area contributed by atoms with E-state index in [0.29, 0.717) is 0 Å². The van der Waals surface area contributed by atoms with Gasteiger partial charge < -0.3 is 0 Å². The molecule has 58 valence electrons. The van der Waals surface area contributed by atoms with Crippen molar-refractivity contribution in [2.45, 2.75) is 26.7 Å². The summed E-state index contributed by atoms with van der Waals surface area (Å²) in [4.78, 5) is 0. The predicted molar refractivity (Wildman–Crippen MR) is 50.6 cm³/mol. The SMILES string of the molecule is CC(C)=P12CCC(CC1)C2. The maximum Gasteiger partial charge on any atom is -0.0299 e. The molecule has 0 amide bonds. The van der Waals surface area contributed by atoms with Crippen LogP contribution < -0.4 is 0 Å². The predicted octanol–water partition coefficient (Wildman–Crippen LogP) is 2.64. The maximum absolute atomic E-state index is 2.38. The second-order valence-electron chi connectivity index (χ2n) is 4.17. The van der Waals surface area contributed by atoms with Gasteiger partial charge in [0.05, 0.1) is 0 Å². The lowest BCUT2D eigenvalue weighted by atomic mass is 10.1. The van der Waals surface area contributed by atoms with Crippen LogP contribution in [-0.4, -0.2) is 23.8 Å². The molecule has 0 aromatic heterocycles. The molecule has 0 aromatic carbocycles. The van der Waals surface area contributed by atoms with Crippen molar-refractivity contribution < 1.29 is 0 Å². The lowest BCUT2D eigenvalue weighted by molar-refractivity contribution is 0.589. The molecular weight excluding hydrogens is 139 g/mol. The Bertz CT molecular complexity index is 187. The molecule has 0 nitrogen and oxygen atoms in total. The van der Waals surface area contributed by atoms with Gasteiger partial charge in [-0.3, -0.25) is 0 Å². The summed E-state index contributed by atoms with van der Waals surface area (Å²) < 4.78 is 0. The van der Waals surface area contributed by atoms with Crippen LogP contribution in [0.2, 0.25) is 0 Å². The zero-order valence-corrected chi connectivity index (χ0v) is 7.95. The summed E-state index contributed by atoms with van der Waals surface area (Å²) in [5, 5.41) is 1.81. The third kappa shape index (κ3) is 0.815. The molecule has 2 aliphatic rings. The number of rotatable bonds is 0. The lowest BCUT2D eigenvalue weighted by Gasteiger charge is -2.19. The minimum Gasteiger partial charge on any atom is -0.106 e. The van der Waals surface area contributed by atoms with Gasteiger partial charge in [0, 0.05) is 0 Å². The van der Waals surface area contributed by atoms with E-state index in [4.69, 9.17) is 0 Å². The fourth-order valence-corrected chi connectivity index (χ4v) is 7.53.